The lowest BCUT2D eigenvalue weighted by molar-refractivity contribution is -0.159. The highest BCUT2D eigenvalue weighted by atomic mass is 19.2. The Balaban J connectivity index is 0.000000580. The standard InChI is InChI=1S/C51H76N2O10.C37H56F5NO7.C19H20N2O4.CH3F.CH4/c1-50(2,3)62-46(56)33-20-18-16-14-12-10-8-7-9-11-13-15-17-19-32-45(55)52-44(48(59)63-51(4,5)6)35-34-37(54)26-25-31-43(47(57)58)53-49(60)61-36-42-40-29-23-21-27-38(40)39-28-22-24-30-41(39)42;1-36(2,3)49-28(46)22-20-18-16-14-12-10-8-7-9-11-13-15-17-19-21-26(44)43-25(35(47)50-37(4,5)6)23-24-27(45)48-34-32(41)30(39)29(38)31(40)33(34)42;20-10-9-17(18(22)23)21-19(24)25-11-16-14-7-3-1-5-12(14)13-6-2-4-8-15(13)16;1-2;/h21-24,27-30,42-44H,7-20,25-26,31-36H2,1-6H3,(H,52,55)(H,53,60)(H,57,58);25H,7-24H2,1-6H3,(H,43,44);1-8,16-17H,9-11,20H2,(H,21,24)(H,22,23);1H3;1H4/t43-,44-;25-;17-;;/m000../s1/i;;;1D;. The van der Waals surface area contributed by atoms with Gasteiger partial charge in [0.15, 0.2) is 0 Å². The number of carbonyl (C=O) groups excluding carboxylic acids is 10. The monoisotopic (exact) mass is 1990 g/mol. The second-order valence-electron chi connectivity index (χ2n) is 39.6. The van der Waals surface area contributed by atoms with E-state index in [0.717, 1.165) is 134 Å². The molecule has 0 aromatic heterocycles. The van der Waals surface area contributed by atoms with Crippen molar-refractivity contribution in [3.63, 3.8) is 0 Å². The van der Waals surface area contributed by atoms with Crippen LogP contribution in [0.15, 0.2) is 97.1 Å². The predicted molar refractivity (Wildman–Crippen MR) is 531 cm³/mol. The number of unbranched alkanes of at least 4 members (excludes halogenated alkanes) is 26. The summed E-state index contributed by atoms with van der Waals surface area (Å²) in [5.74, 6) is -19.9. The molecule has 788 valence electrons. The van der Waals surface area contributed by atoms with Crippen molar-refractivity contribution in [2.75, 3.05) is 26.9 Å². The van der Waals surface area contributed by atoms with E-state index in [1.165, 1.54) is 77.0 Å². The molecule has 2 aliphatic carbocycles. The minimum Gasteiger partial charge on any atom is -0.480 e. The summed E-state index contributed by atoms with van der Waals surface area (Å²) in [6.07, 6.45) is 29.3. The molecular weight excluding hydrogens is 1830 g/mol. The minimum absolute atomic E-state index is 0. The van der Waals surface area contributed by atoms with Crippen molar-refractivity contribution in [1.29, 1.82) is 0 Å². The maximum atomic E-state index is 13.9. The molecule has 0 heterocycles. The van der Waals surface area contributed by atoms with Crippen LogP contribution >= 0.6 is 0 Å². The van der Waals surface area contributed by atoms with Gasteiger partial charge < -0.3 is 70.4 Å². The number of ketones is 1. The third-order valence-electron chi connectivity index (χ3n) is 23.0. The van der Waals surface area contributed by atoms with Gasteiger partial charge in [-0.15, -0.1) is 0 Å². The first kappa shape index (κ1) is 122. The molecule has 0 fully saturated rings. The molecule has 2 aliphatic rings. The van der Waals surface area contributed by atoms with E-state index >= 15 is 0 Å². The van der Waals surface area contributed by atoms with Crippen molar-refractivity contribution in [2.45, 2.75) is 406 Å². The Hall–Kier alpha value is -10.9. The van der Waals surface area contributed by atoms with Crippen LogP contribution in [0.2, 0.25) is 0 Å². The van der Waals surface area contributed by atoms with Gasteiger partial charge in [-0.3, -0.25) is 33.2 Å². The highest BCUT2D eigenvalue weighted by Gasteiger charge is 2.36. The Labute approximate surface area is 832 Å². The normalized spacial score (nSPS) is 12.9. The van der Waals surface area contributed by atoms with E-state index < -0.39 is 149 Å². The van der Waals surface area contributed by atoms with Crippen molar-refractivity contribution >= 4 is 71.6 Å². The number of halogens is 6. The van der Waals surface area contributed by atoms with E-state index in [0.29, 0.717) is 25.7 Å². The topological polar surface area (TPSA) is 384 Å². The summed E-state index contributed by atoms with van der Waals surface area (Å²) < 4.78 is 120. The van der Waals surface area contributed by atoms with Gasteiger partial charge in [-0.1, -0.05) is 259 Å². The van der Waals surface area contributed by atoms with Gasteiger partial charge in [0.25, 0.3) is 0 Å². The third kappa shape index (κ3) is 50.1. The smallest absolute Gasteiger partial charge is 0.407 e. The van der Waals surface area contributed by atoms with Crippen LogP contribution in [-0.2, 0) is 76.4 Å². The van der Waals surface area contributed by atoms with Crippen molar-refractivity contribution < 1.29 is 129 Å². The van der Waals surface area contributed by atoms with Crippen molar-refractivity contribution in [3.05, 3.63) is 148 Å². The van der Waals surface area contributed by atoms with Gasteiger partial charge in [-0.25, -0.2) is 41.9 Å². The number of carboxylic acids is 2. The molecule has 0 saturated heterocycles. The van der Waals surface area contributed by atoms with Gasteiger partial charge in [0.1, 0.15) is 65.6 Å². The van der Waals surface area contributed by atoms with Crippen LogP contribution in [0.5, 0.6) is 5.75 Å². The minimum atomic E-state index is -2.40. The Morgan fingerprint density at radius 2 is 0.610 bits per heavy atom. The number of hydrogen-bond acceptors (Lipinski definition) is 20. The van der Waals surface area contributed by atoms with Gasteiger partial charge in [0.05, 0.1) is 8.52 Å². The third-order valence-corrected chi connectivity index (χ3v) is 23.0. The lowest BCUT2D eigenvalue weighted by atomic mass is 9.98. The number of amides is 4. The molecule has 0 unspecified atom stereocenters. The van der Waals surface area contributed by atoms with Crippen LogP contribution in [0.4, 0.5) is 35.9 Å². The van der Waals surface area contributed by atoms with E-state index in [1.54, 1.807) is 41.5 Å². The number of alkyl carbamates (subject to hydrolysis) is 2. The number of aliphatic carboxylic acids is 2. The van der Waals surface area contributed by atoms with Gasteiger partial charge in [0, 0.05) is 56.8 Å². The highest BCUT2D eigenvalue weighted by molar-refractivity contribution is 5.88. The average Bonchev–Trinajstić information content (AvgIpc) is 1.61. The summed E-state index contributed by atoms with van der Waals surface area (Å²) >= 11 is 0. The summed E-state index contributed by atoms with van der Waals surface area (Å²) in [5.41, 5.74) is 11.6. The number of ether oxygens (including phenoxy) is 7. The number of fused-ring (bicyclic) bond motifs is 6. The number of benzene rings is 5. The number of nitrogens with two attached hydrogens (primary N) is 1. The second-order valence-corrected chi connectivity index (χ2v) is 39.6. The zero-order valence-corrected chi connectivity index (χ0v) is 84.3. The molecule has 7 rings (SSSR count). The second kappa shape index (κ2) is 66.0. The zero-order valence-electron chi connectivity index (χ0n) is 85.3. The largest absolute Gasteiger partial charge is 0.480 e. The van der Waals surface area contributed by atoms with E-state index in [2.05, 4.69) is 38.1 Å². The molecule has 0 radical (unpaired) electrons. The first-order valence-electron chi connectivity index (χ1n) is 50.4. The number of esters is 5. The van der Waals surface area contributed by atoms with E-state index in [1.807, 2.05) is 126 Å². The average molecular weight is 1990 g/mol. The quantitative estimate of drug-likeness (QED) is 0.00361. The summed E-state index contributed by atoms with van der Waals surface area (Å²) in [6.45, 7) is 21.7. The van der Waals surface area contributed by atoms with Crippen LogP contribution in [0.1, 0.15) is 383 Å². The summed E-state index contributed by atoms with van der Waals surface area (Å²) in [7, 11) is -1.00. The molecule has 141 heavy (non-hydrogen) atoms. The molecule has 0 aliphatic heterocycles. The summed E-state index contributed by atoms with van der Waals surface area (Å²) in [5, 5.41) is 28.9. The maximum absolute atomic E-state index is 13.9. The van der Waals surface area contributed by atoms with Crippen molar-refractivity contribution in [1.82, 2.24) is 21.3 Å². The molecule has 5 aromatic carbocycles. The van der Waals surface area contributed by atoms with Gasteiger partial charge in [-0.05, 0) is 192 Å². The SMILES string of the molecule is C.CC(C)(C)OC(=O)CCCCCCCCCCCCCCCCC(=O)N[C@@H](CCC(=O)CCC[C@H](NC(=O)OCC1c2ccccc2-c2ccccc21)C(=O)O)C(=O)OC(C)(C)C.CC(C)(C)OC(=O)CCCCCCCCCCCCCCCCC(=O)N[C@@H](CCC(=O)Oc1c(F)c(F)c(F)c(F)c1F)C(=O)OC(C)(C)C.NCC[C@H](NC(=O)OCC1c2ccccc2-c2ccccc21)C(=O)O.[2H]CF. The molecular formula is C109H159F6N5O21. The Morgan fingerprint density at radius 3 is 0.901 bits per heavy atom. The summed E-state index contributed by atoms with van der Waals surface area (Å²) in [4.78, 5) is 148. The molecule has 4 atom stereocenters. The lowest BCUT2D eigenvalue weighted by Gasteiger charge is -2.24. The number of carbonyl (C=O) groups is 12. The first-order chi connectivity index (χ1) is 66.8. The van der Waals surface area contributed by atoms with Crippen LogP contribution in [0.25, 0.3) is 22.3 Å². The number of alkyl halides is 1. The fraction of sp³-hybridized carbons (Fsp3) is 0.615. The molecule has 4 amide bonds. The molecule has 32 heteroatoms. The fourth-order valence-electron chi connectivity index (χ4n) is 16.2. The highest BCUT2D eigenvalue weighted by Crippen LogP contribution is 2.46. The predicted octanol–water partition coefficient (Wildman–Crippen LogP) is 23.9. The molecule has 0 bridgehead atoms. The van der Waals surface area contributed by atoms with Crippen LogP contribution in [0, 0.1) is 29.1 Å². The van der Waals surface area contributed by atoms with Gasteiger partial charge in [-0.2, -0.15) is 8.78 Å². The van der Waals surface area contributed by atoms with Gasteiger partial charge >= 0.3 is 54.0 Å². The molecule has 0 spiro atoms. The molecule has 0 saturated carbocycles. The fourth-order valence-corrected chi connectivity index (χ4v) is 16.2. The number of hydrogen-bond donors (Lipinski definition) is 7. The van der Waals surface area contributed by atoms with Crippen LogP contribution < -0.4 is 31.7 Å². The first-order valence-corrected chi connectivity index (χ1v) is 49.7. The van der Waals surface area contributed by atoms with Crippen molar-refractivity contribution in [3.8, 4) is 28.0 Å². The van der Waals surface area contributed by atoms with E-state index in [9.17, 15) is 89.0 Å². The van der Waals surface area contributed by atoms with Crippen LogP contribution in [0.3, 0.4) is 0 Å². The van der Waals surface area contributed by atoms with Crippen LogP contribution in [-0.4, -0.2) is 155 Å². The number of carboxylic acid groups (broad SMARTS) is 2. The molecule has 5 aromatic rings. The van der Waals surface area contributed by atoms with E-state index in [-0.39, 0.29) is 114 Å². The Bertz CT molecular complexity index is 4600. The molecule has 26 nitrogen and oxygen atoms in total. The Morgan fingerprint density at radius 1 is 0.340 bits per heavy atom. The summed E-state index contributed by atoms with van der Waals surface area (Å²) in [6, 6.07) is 27.3. The number of Topliss-reactive ketones (excluding diaryl/α,β-unsaturated/α-hetero) is 1. The molecule has 8 N–H and O–H groups in total. The number of rotatable bonds is 59. The van der Waals surface area contributed by atoms with Crippen molar-refractivity contribution in [2.24, 2.45) is 5.73 Å². The number of nitrogens with one attached hydrogen (secondary N) is 4. The Kier molecular flexibility index (Phi) is 57.3. The van der Waals surface area contributed by atoms with E-state index in [4.69, 9.17) is 40.6 Å². The lowest BCUT2D eigenvalue weighted by Crippen LogP contribution is -2.44. The maximum Gasteiger partial charge on any atom is 0.407 e. The zero-order chi connectivity index (χ0) is 105. The van der Waals surface area contributed by atoms with Gasteiger partial charge in [0.2, 0.25) is 46.6 Å².